The van der Waals surface area contributed by atoms with Gasteiger partial charge < -0.3 is 19.4 Å². The van der Waals surface area contributed by atoms with Gasteiger partial charge in [-0.15, -0.1) is 0 Å². The summed E-state index contributed by atoms with van der Waals surface area (Å²) < 4.78 is 13.7. The summed E-state index contributed by atoms with van der Waals surface area (Å²) in [5.41, 5.74) is 4.25. The molecule has 0 spiro atoms. The first-order valence-corrected chi connectivity index (χ1v) is 9.56. The zero-order chi connectivity index (χ0) is 19.2. The fourth-order valence-electron chi connectivity index (χ4n) is 3.13. The molecule has 5 heteroatoms. The Bertz CT molecular complexity index is 859. The van der Waals surface area contributed by atoms with Gasteiger partial charge in [0.15, 0.2) is 0 Å². The van der Waals surface area contributed by atoms with E-state index in [1.54, 1.807) is 7.11 Å². The average molecular weight is 367 g/mol. The molecule has 144 valence electrons. The second-order valence-corrected chi connectivity index (χ2v) is 7.03. The van der Waals surface area contributed by atoms with Crippen LogP contribution in [-0.4, -0.2) is 29.4 Å². The number of aromatic nitrogens is 2. The van der Waals surface area contributed by atoms with Crippen LogP contribution >= 0.6 is 0 Å². The minimum atomic E-state index is 0.0323. The molecular formula is C22H29N3O2. The van der Waals surface area contributed by atoms with Crippen molar-refractivity contribution in [1.82, 2.24) is 9.55 Å². The zero-order valence-electron chi connectivity index (χ0n) is 16.6. The van der Waals surface area contributed by atoms with Gasteiger partial charge in [-0.1, -0.05) is 37.3 Å². The molecule has 5 nitrogen and oxygen atoms in total. The third-order valence-corrected chi connectivity index (χ3v) is 4.65. The molecule has 1 atom stereocenters. The Morgan fingerprint density at radius 3 is 2.59 bits per heavy atom. The fourth-order valence-corrected chi connectivity index (χ4v) is 3.13. The molecule has 3 rings (SSSR count). The molecule has 0 fully saturated rings. The highest BCUT2D eigenvalue weighted by Gasteiger charge is 2.15. The van der Waals surface area contributed by atoms with Crippen LogP contribution in [0.4, 0.5) is 5.69 Å². The standard InChI is InChI=1S/C22H29N3O2/c1-5-18(14-26-4)27-19-11-20(23-13-17-9-7-6-8-10-17)22-21(12-19)25(15-24-22)16(2)3/h6-12,15-16,18,23H,5,13-14H2,1-4H3. The van der Waals surface area contributed by atoms with E-state index in [9.17, 15) is 0 Å². The Labute approximate surface area is 161 Å². The van der Waals surface area contributed by atoms with Crippen LogP contribution in [0.2, 0.25) is 0 Å². The van der Waals surface area contributed by atoms with Crippen LogP contribution < -0.4 is 10.1 Å². The molecule has 1 heterocycles. The molecule has 0 aliphatic rings. The molecule has 0 saturated heterocycles. The van der Waals surface area contributed by atoms with Gasteiger partial charge in [0.1, 0.15) is 17.4 Å². The summed E-state index contributed by atoms with van der Waals surface area (Å²) in [5.74, 6) is 0.837. The molecule has 0 saturated carbocycles. The number of benzene rings is 2. The first-order valence-electron chi connectivity index (χ1n) is 9.56. The normalized spacial score (nSPS) is 12.5. The monoisotopic (exact) mass is 367 g/mol. The molecule has 1 N–H and O–H groups in total. The van der Waals surface area contributed by atoms with Crippen LogP contribution in [0.1, 0.15) is 38.8 Å². The molecule has 0 aliphatic carbocycles. The average Bonchev–Trinajstić information content (AvgIpc) is 3.11. The van der Waals surface area contributed by atoms with Crippen LogP contribution in [-0.2, 0) is 11.3 Å². The third-order valence-electron chi connectivity index (χ3n) is 4.65. The highest BCUT2D eigenvalue weighted by atomic mass is 16.5. The molecule has 0 radical (unpaired) electrons. The SMILES string of the molecule is CCC(COC)Oc1cc(NCc2ccccc2)c2ncn(C(C)C)c2c1. The van der Waals surface area contributed by atoms with Crippen molar-refractivity contribution >= 4 is 16.7 Å². The second-order valence-electron chi connectivity index (χ2n) is 7.03. The predicted molar refractivity (Wildman–Crippen MR) is 110 cm³/mol. The lowest BCUT2D eigenvalue weighted by molar-refractivity contribution is 0.0789. The van der Waals surface area contributed by atoms with Crippen molar-refractivity contribution in [2.24, 2.45) is 0 Å². The van der Waals surface area contributed by atoms with E-state index in [-0.39, 0.29) is 6.10 Å². The maximum Gasteiger partial charge on any atom is 0.124 e. The summed E-state index contributed by atoms with van der Waals surface area (Å²) >= 11 is 0. The number of nitrogens with one attached hydrogen (secondary N) is 1. The minimum absolute atomic E-state index is 0.0323. The molecule has 0 aliphatic heterocycles. The van der Waals surface area contributed by atoms with Crippen LogP contribution in [0.5, 0.6) is 5.75 Å². The number of methoxy groups -OCH3 is 1. The lowest BCUT2D eigenvalue weighted by Gasteiger charge is -2.19. The van der Waals surface area contributed by atoms with E-state index >= 15 is 0 Å². The van der Waals surface area contributed by atoms with Gasteiger partial charge in [-0.2, -0.15) is 0 Å². The Kier molecular flexibility index (Phi) is 6.35. The molecule has 0 bridgehead atoms. The van der Waals surface area contributed by atoms with E-state index in [4.69, 9.17) is 9.47 Å². The minimum Gasteiger partial charge on any atom is -0.488 e. The number of anilines is 1. The van der Waals surface area contributed by atoms with Crippen molar-refractivity contribution < 1.29 is 9.47 Å². The maximum absolute atomic E-state index is 6.20. The van der Waals surface area contributed by atoms with Crippen molar-refractivity contribution in [3.63, 3.8) is 0 Å². The molecule has 1 aromatic heterocycles. The lowest BCUT2D eigenvalue weighted by Crippen LogP contribution is -2.21. The van der Waals surface area contributed by atoms with Gasteiger partial charge in [-0.3, -0.25) is 0 Å². The van der Waals surface area contributed by atoms with E-state index < -0.39 is 0 Å². The predicted octanol–water partition coefficient (Wildman–Crippen LogP) is 5.03. The van der Waals surface area contributed by atoms with Crippen LogP contribution in [0.15, 0.2) is 48.8 Å². The summed E-state index contributed by atoms with van der Waals surface area (Å²) in [7, 11) is 1.70. The first-order chi connectivity index (χ1) is 13.1. The molecule has 2 aromatic carbocycles. The molecule has 1 unspecified atom stereocenters. The van der Waals surface area contributed by atoms with Crippen LogP contribution in [0.25, 0.3) is 11.0 Å². The summed E-state index contributed by atoms with van der Waals surface area (Å²) in [5, 5.41) is 3.53. The third kappa shape index (κ3) is 4.61. The quantitative estimate of drug-likeness (QED) is 0.576. The van der Waals surface area contributed by atoms with E-state index in [1.807, 2.05) is 18.5 Å². The van der Waals surface area contributed by atoms with Gasteiger partial charge in [0.05, 0.1) is 24.1 Å². The van der Waals surface area contributed by atoms with Gasteiger partial charge in [0, 0.05) is 31.8 Å². The number of fused-ring (bicyclic) bond motifs is 1. The van der Waals surface area contributed by atoms with Crippen molar-refractivity contribution in [3.8, 4) is 5.75 Å². The van der Waals surface area contributed by atoms with E-state index in [1.165, 1.54) is 5.56 Å². The highest BCUT2D eigenvalue weighted by molar-refractivity contribution is 5.90. The summed E-state index contributed by atoms with van der Waals surface area (Å²) in [6, 6.07) is 14.8. The maximum atomic E-state index is 6.20. The number of imidazole rings is 1. The van der Waals surface area contributed by atoms with Gasteiger partial charge in [0.2, 0.25) is 0 Å². The Morgan fingerprint density at radius 1 is 1.15 bits per heavy atom. The Hall–Kier alpha value is -2.53. The number of hydrogen-bond acceptors (Lipinski definition) is 4. The van der Waals surface area contributed by atoms with Crippen molar-refractivity contribution in [1.29, 1.82) is 0 Å². The van der Waals surface area contributed by atoms with Crippen LogP contribution in [0.3, 0.4) is 0 Å². The van der Waals surface area contributed by atoms with Crippen LogP contribution in [0, 0.1) is 0 Å². The summed E-state index contributed by atoms with van der Waals surface area (Å²) in [6.45, 7) is 7.74. The number of rotatable bonds is 9. The second kappa shape index (κ2) is 8.91. The van der Waals surface area contributed by atoms with Crippen molar-refractivity contribution in [3.05, 3.63) is 54.4 Å². The number of hydrogen-bond donors (Lipinski definition) is 1. The molecule has 3 aromatic rings. The number of ether oxygens (including phenoxy) is 2. The van der Waals surface area contributed by atoms with E-state index in [0.29, 0.717) is 12.6 Å². The number of nitrogens with zero attached hydrogens (tertiary/aromatic N) is 2. The topological polar surface area (TPSA) is 48.3 Å². The molecule has 27 heavy (non-hydrogen) atoms. The zero-order valence-corrected chi connectivity index (χ0v) is 16.6. The van der Waals surface area contributed by atoms with Crippen molar-refractivity contribution in [2.45, 2.75) is 45.9 Å². The Balaban J connectivity index is 1.94. The van der Waals surface area contributed by atoms with Gasteiger partial charge in [-0.25, -0.2) is 4.98 Å². The summed E-state index contributed by atoms with van der Waals surface area (Å²) in [4.78, 5) is 4.65. The smallest absolute Gasteiger partial charge is 0.124 e. The molecular weight excluding hydrogens is 338 g/mol. The first kappa shape index (κ1) is 19.2. The molecule has 0 amide bonds. The van der Waals surface area contributed by atoms with Gasteiger partial charge >= 0.3 is 0 Å². The highest BCUT2D eigenvalue weighted by Crippen LogP contribution is 2.31. The Morgan fingerprint density at radius 2 is 1.93 bits per heavy atom. The lowest BCUT2D eigenvalue weighted by atomic mass is 10.2. The van der Waals surface area contributed by atoms with Gasteiger partial charge in [0.25, 0.3) is 0 Å². The largest absolute Gasteiger partial charge is 0.488 e. The van der Waals surface area contributed by atoms with Crippen molar-refractivity contribution in [2.75, 3.05) is 19.0 Å². The fraction of sp³-hybridized carbons (Fsp3) is 0.409. The van der Waals surface area contributed by atoms with Gasteiger partial charge in [-0.05, 0) is 25.8 Å². The van der Waals surface area contributed by atoms with E-state index in [2.05, 4.69) is 66.0 Å². The summed E-state index contributed by atoms with van der Waals surface area (Å²) in [6.07, 6.45) is 2.83. The van der Waals surface area contributed by atoms with E-state index in [0.717, 1.165) is 35.4 Å².